The van der Waals surface area contributed by atoms with Crippen LogP contribution in [0.15, 0.2) is 72.8 Å². The molecule has 32 heavy (non-hydrogen) atoms. The van der Waals surface area contributed by atoms with E-state index in [0.717, 1.165) is 16.7 Å². The predicted molar refractivity (Wildman–Crippen MR) is 118 cm³/mol. The third kappa shape index (κ3) is 4.51. The summed E-state index contributed by atoms with van der Waals surface area (Å²) in [4.78, 5) is 25.7. The number of benzene rings is 3. The number of hydrazine groups is 1. The number of nitrogens with one attached hydrogen (secondary N) is 2. The number of hydrogen-bond acceptors (Lipinski definition) is 3. The summed E-state index contributed by atoms with van der Waals surface area (Å²) in [5.41, 5.74) is 5.96. The SMILES string of the molecule is COc1ccc([C@@H]2[C@@H](NC(=O)c3ccc(F)cc3)C(=O)N/[N+]2=C\c2ccc(C)cc2)cc1. The molecule has 1 fully saturated rings. The van der Waals surface area contributed by atoms with Crippen molar-refractivity contribution in [2.24, 2.45) is 0 Å². The van der Waals surface area contributed by atoms with Crippen LogP contribution in [0.25, 0.3) is 0 Å². The average Bonchev–Trinajstić information content (AvgIpc) is 3.10. The Hall–Kier alpha value is -4.00. The molecule has 1 heterocycles. The summed E-state index contributed by atoms with van der Waals surface area (Å²) in [5.74, 6) is -0.548. The van der Waals surface area contributed by atoms with Crippen LogP contribution >= 0.6 is 0 Å². The molecular weight excluding hydrogens is 409 g/mol. The summed E-state index contributed by atoms with van der Waals surface area (Å²) >= 11 is 0. The van der Waals surface area contributed by atoms with Crippen LogP contribution in [0.3, 0.4) is 0 Å². The molecule has 1 saturated heterocycles. The molecule has 2 atom stereocenters. The van der Waals surface area contributed by atoms with Crippen molar-refractivity contribution in [3.63, 3.8) is 0 Å². The number of methoxy groups -OCH3 is 1. The van der Waals surface area contributed by atoms with Gasteiger partial charge in [-0.05, 0) is 67.6 Å². The van der Waals surface area contributed by atoms with Crippen molar-refractivity contribution >= 4 is 18.0 Å². The monoisotopic (exact) mass is 432 g/mol. The van der Waals surface area contributed by atoms with Gasteiger partial charge >= 0.3 is 5.91 Å². The van der Waals surface area contributed by atoms with Crippen LogP contribution in [0.2, 0.25) is 0 Å². The van der Waals surface area contributed by atoms with Gasteiger partial charge in [0.1, 0.15) is 11.6 Å². The van der Waals surface area contributed by atoms with Gasteiger partial charge in [0, 0.05) is 16.7 Å². The third-order valence-corrected chi connectivity index (χ3v) is 5.35. The molecule has 4 rings (SSSR count). The van der Waals surface area contributed by atoms with Gasteiger partial charge in [-0.1, -0.05) is 17.7 Å². The van der Waals surface area contributed by atoms with Crippen LogP contribution < -0.4 is 15.5 Å². The van der Waals surface area contributed by atoms with Crippen molar-refractivity contribution in [1.82, 2.24) is 10.7 Å². The van der Waals surface area contributed by atoms with Crippen molar-refractivity contribution in [2.45, 2.75) is 19.0 Å². The highest BCUT2D eigenvalue weighted by Crippen LogP contribution is 2.27. The summed E-state index contributed by atoms with van der Waals surface area (Å²) in [5, 5.41) is 2.80. The summed E-state index contributed by atoms with van der Waals surface area (Å²) < 4.78 is 20.2. The van der Waals surface area contributed by atoms with Crippen LogP contribution in [0.1, 0.15) is 33.1 Å². The van der Waals surface area contributed by atoms with Gasteiger partial charge in [-0.15, -0.1) is 10.1 Å². The number of hydrogen-bond donors (Lipinski definition) is 2. The number of carbonyl (C=O) groups is 2. The van der Waals surface area contributed by atoms with E-state index >= 15 is 0 Å². The van der Waals surface area contributed by atoms with Gasteiger partial charge in [0.2, 0.25) is 12.3 Å². The second-order valence-electron chi connectivity index (χ2n) is 7.60. The van der Waals surface area contributed by atoms with E-state index in [1.54, 1.807) is 23.9 Å². The molecule has 0 saturated carbocycles. The van der Waals surface area contributed by atoms with Crippen molar-refractivity contribution in [2.75, 3.05) is 7.11 Å². The molecule has 2 N–H and O–H groups in total. The van der Waals surface area contributed by atoms with Crippen molar-refractivity contribution in [3.8, 4) is 5.75 Å². The second kappa shape index (κ2) is 9.01. The fourth-order valence-electron chi connectivity index (χ4n) is 3.62. The summed E-state index contributed by atoms with van der Waals surface area (Å²) in [6.07, 6.45) is 1.83. The van der Waals surface area contributed by atoms with Crippen LogP contribution in [-0.2, 0) is 4.79 Å². The molecule has 1 aliphatic heterocycles. The topological polar surface area (TPSA) is 70.4 Å². The zero-order valence-electron chi connectivity index (χ0n) is 17.7. The van der Waals surface area contributed by atoms with E-state index < -0.39 is 23.8 Å². The predicted octanol–water partition coefficient (Wildman–Crippen LogP) is 3.16. The van der Waals surface area contributed by atoms with Gasteiger partial charge in [-0.2, -0.15) is 0 Å². The number of nitrogens with zero attached hydrogens (tertiary/aromatic N) is 1. The lowest BCUT2D eigenvalue weighted by Gasteiger charge is -2.15. The molecule has 0 aromatic heterocycles. The Balaban J connectivity index is 1.69. The first-order valence-corrected chi connectivity index (χ1v) is 10.2. The Labute approximate surface area is 185 Å². The van der Waals surface area contributed by atoms with Crippen LogP contribution in [0, 0.1) is 12.7 Å². The maximum absolute atomic E-state index is 13.2. The number of aryl methyl sites for hydroxylation is 1. The highest BCUT2D eigenvalue weighted by Gasteiger charge is 2.47. The number of halogens is 1. The number of ether oxygens (including phenoxy) is 1. The zero-order chi connectivity index (χ0) is 22.7. The minimum Gasteiger partial charge on any atom is -0.497 e. The highest BCUT2D eigenvalue weighted by molar-refractivity contribution is 5.98. The van der Waals surface area contributed by atoms with E-state index in [0.29, 0.717) is 5.75 Å². The fraction of sp³-hybridized carbons (Fsp3) is 0.160. The number of carbonyl (C=O) groups excluding carboxylic acids is 2. The van der Waals surface area contributed by atoms with Gasteiger partial charge in [0.15, 0.2) is 6.04 Å². The Bertz CT molecular complexity index is 1160. The number of hydrazone groups is 1. The maximum Gasteiger partial charge on any atom is 0.304 e. The molecule has 6 nitrogen and oxygen atoms in total. The first-order chi connectivity index (χ1) is 15.4. The largest absolute Gasteiger partial charge is 0.497 e. The minimum absolute atomic E-state index is 0.272. The quantitative estimate of drug-likeness (QED) is 0.609. The lowest BCUT2D eigenvalue weighted by Crippen LogP contribution is -2.42. The normalized spacial score (nSPS) is 19.0. The molecule has 7 heteroatoms. The van der Waals surface area contributed by atoms with E-state index in [1.807, 2.05) is 49.5 Å². The molecule has 0 radical (unpaired) electrons. The van der Waals surface area contributed by atoms with E-state index in [1.165, 1.54) is 24.3 Å². The lowest BCUT2D eigenvalue weighted by atomic mass is 9.99. The molecule has 0 spiro atoms. The molecule has 0 bridgehead atoms. The Morgan fingerprint density at radius 3 is 2.31 bits per heavy atom. The average molecular weight is 432 g/mol. The number of rotatable bonds is 5. The van der Waals surface area contributed by atoms with Gasteiger partial charge in [-0.25, -0.2) is 4.39 Å². The van der Waals surface area contributed by atoms with E-state index in [9.17, 15) is 14.0 Å². The second-order valence-corrected chi connectivity index (χ2v) is 7.60. The van der Waals surface area contributed by atoms with E-state index in [2.05, 4.69) is 10.7 Å². The van der Waals surface area contributed by atoms with Crippen LogP contribution in [0.5, 0.6) is 5.75 Å². The summed E-state index contributed by atoms with van der Waals surface area (Å²) in [6.45, 7) is 2.00. The molecule has 3 aromatic carbocycles. The lowest BCUT2D eigenvalue weighted by molar-refractivity contribution is -0.596. The van der Waals surface area contributed by atoms with Crippen LogP contribution in [0.4, 0.5) is 4.39 Å². The Kier molecular flexibility index (Phi) is 5.98. The Morgan fingerprint density at radius 1 is 1.03 bits per heavy atom. The highest BCUT2D eigenvalue weighted by atomic mass is 19.1. The summed E-state index contributed by atoms with van der Waals surface area (Å²) in [7, 11) is 1.58. The molecule has 1 aliphatic rings. The van der Waals surface area contributed by atoms with Gasteiger partial charge in [-0.3, -0.25) is 9.59 Å². The van der Waals surface area contributed by atoms with Gasteiger partial charge < -0.3 is 10.1 Å². The number of amides is 2. The van der Waals surface area contributed by atoms with Gasteiger partial charge in [0.05, 0.1) is 7.11 Å². The van der Waals surface area contributed by atoms with Crippen LogP contribution in [-0.4, -0.2) is 35.9 Å². The maximum atomic E-state index is 13.2. The molecule has 0 unspecified atom stereocenters. The zero-order valence-corrected chi connectivity index (χ0v) is 17.7. The molecule has 162 valence electrons. The standard InChI is InChI=1S/C25H22FN3O3/c1-16-3-5-17(6-4-16)15-29-23(18-9-13-21(32-2)14-10-18)22(25(31)28-29)27-24(30)19-7-11-20(26)12-8-19/h3-15,22-23H,1-2H3,(H-,27,28,30,31)/p+1/b29-15-/t22-,23-/m1/s1. The molecule has 2 amide bonds. The van der Waals surface area contributed by atoms with Crippen molar-refractivity contribution < 1.29 is 23.4 Å². The first-order valence-electron chi connectivity index (χ1n) is 10.2. The van der Waals surface area contributed by atoms with E-state index in [4.69, 9.17) is 4.74 Å². The summed E-state index contributed by atoms with van der Waals surface area (Å²) in [6, 6.07) is 19.0. The molecular formula is C25H23FN3O3+. The fourth-order valence-corrected chi connectivity index (χ4v) is 3.62. The minimum atomic E-state index is -0.859. The van der Waals surface area contributed by atoms with Crippen molar-refractivity contribution in [1.29, 1.82) is 0 Å². The molecule has 0 aliphatic carbocycles. The van der Waals surface area contributed by atoms with Gasteiger partial charge in [0.25, 0.3) is 5.91 Å². The Morgan fingerprint density at radius 2 is 1.69 bits per heavy atom. The van der Waals surface area contributed by atoms with Crippen molar-refractivity contribution in [3.05, 3.63) is 101 Å². The third-order valence-electron chi connectivity index (χ3n) is 5.35. The first kappa shape index (κ1) is 21.2. The van der Waals surface area contributed by atoms with E-state index in [-0.39, 0.29) is 11.5 Å². The smallest absolute Gasteiger partial charge is 0.304 e. The molecule has 3 aromatic rings.